The van der Waals surface area contributed by atoms with Gasteiger partial charge in [-0.05, 0) is 47.3 Å². The number of aliphatic hydroxyl groups excluding tert-OH is 1. The zero-order chi connectivity index (χ0) is 8.27. The molecule has 0 aromatic carbocycles. The summed E-state index contributed by atoms with van der Waals surface area (Å²) in [6, 6.07) is 2.17. The van der Waals surface area contributed by atoms with Crippen molar-refractivity contribution in [2.45, 2.75) is 19.8 Å². The maximum absolute atomic E-state index is 8.60. The lowest BCUT2D eigenvalue weighted by Crippen LogP contribution is -1.84. The van der Waals surface area contributed by atoms with Gasteiger partial charge < -0.3 is 5.11 Å². The highest BCUT2D eigenvalue weighted by molar-refractivity contribution is 9.11. The molecule has 0 atom stereocenters. The van der Waals surface area contributed by atoms with Crippen molar-refractivity contribution in [2.24, 2.45) is 0 Å². The molecule has 3 heteroatoms. The normalized spacial score (nSPS) is 10.5. The Hall–Kier alpha value is 0.140. The number of thiophene rings is 1. The topological polar surface area (TPSA) is 20.2 Å². The molecule has 0 radical (unpaired) electrons. The fraction of sp³-hybridized carbons (Fsp3) is 0.500. The molecular weight excluding hydrogens is 224 g/mol. The summed E-state index contributed by atoms with van der Waals surface area (Å²) < 4.78 is 1.21. The molecule has 1 nitrogen and oxygen atoms in total. The van der Waals surface area contributed by atoms with E-state index in [-0.39, 0.29) is 6.61 Å². The highest BCUT2D eigenvalue weighted by atomic mass is 79.9. The standard InChI is InChI=1S/C8H11BrOS/c1-6-5-7(3-2-4-10)11-8(6)9/h5,10H,2-4H2,1H3. The van der Waals surface area contributed by atoms with Gasteiger partial charge in [-0.15, -0.1) is 11.3 Å². The van der Waals surface area contributed by atoms with Crippen molar-refractivity contribution < 1.29 is 5.11 Å². The van der Waals surface area contributed by atoms with E-state index in [2.05, 4.69) is 28.9 Å². The van der Waals surface area contributed by atoms with E-state index in [1.165, 1.54) is 14.2 Å². The summed E-state index contributed by atoms with van der Waals surface area (Å²) >= 11 is 5.22. The van der Waals surface area contributed by atoms with Crippen molar-refractivity contribution >= 4 is 27.3 Å². The summed E-state index contributed by atoms with van der Waals surface area (Å²) in [4.78, 5) is 1.35. The van der Waals surface area contributed by atoms with Crippen molar-refractivity contribution in [1.82, 2.24) is 0 Å². The van der Waals surface area contributed by atoms with Gasteiger partial charge in [0.15, 0.2) is 0 Å². The average Bonchev–Trinajstić information content (AvgIpc) is 2.28. The smallest absolute Gasteiger partial charge is 0.0730 e. The summed E-state index contributed by atoms with van der Waals surface area (Å²) in [6.07, 6.45) is 1.86. The first kappa shape index (κ1) is 9.23. The zero-order valence-electron chi connectivity index (χ0n) is 6.43. The Morgan fingerprint density at radius 1 is 1.64 bits per heavy atom. The first-order valence-corrected chi connectivity index (χ1v) is 5.20. The Kier molecular flexibility index (Phi) is 3.55. The van der Waals surface area contributed by atoms with Gasteiger partial charge in [-0.1, -0.05) is 0 Å². The maximum atomic E-state index is 8.60. The molecule has 1 N–H and O–H groups in total. The number of rotatable bonds is 3. The second kappa shape index (κ2) is 4.24. The van der Waals surface area contributed by atoms with Gasteiger partial charge in [0.25, 0.3) is 0 Å². The Bertz CT molecular complexity index is 212. The number of halogens is 1. The molecule has 0 spiro atoms. The summed E-state index contributed by atoms with van der Waals surface area (Å²) in [5.74, 6) is 0. The molecule has 1 rings (SSSR count). The van der Waals surface area contributed by atoms with Crippen molar-refractivity contribution in [3.63, 3.8) is 0 Å². The molecule has 0 saturated carbocycles. The Morgan fingerprint density at radius 2 is 2.36 bits per heavy atom. The van der Waals surface area contributed by atoms with E-state index in [9.17, 15) is 0 Å². The molecule has 1 aromatic heterocycles. The Labute approximate surface area is 79.2 Å². The van der Waals surface area contributed by atoms with Crippen LogP contribution in [0.3, 0.4) is 0 Å². The molecule has 0 aliphatic carbocycles. The van der Waals surface area contributed by atoms with Gasteiger partial charge >= 0.3 is 0 Å². The van der Waals surface area contributed by atoms with Crippen LogP contribution < -0.4 is 0 Å². The highest BCUT2D eigenvalue weighted by Crippen LogP contribution is 2.27. The maximum Gasteiger partial charge on any atom is 0.0730 e. The summed E-state index contributed by atoms with van der Waals surface area (Å²) in [5.41, 5.74) is 1.29. The Morgan fingerprint density at radius 3 is 2.82 bits per heavy atom. The monoisotopic (exact) mass is 234 g/mol. The van der Waals surface area contributed by atoms with Crippen molar-refractivity contribution in [3.05, 3.63) is 20.3 Å². The molecule has 11 heavy (non-hydrogen) atoms. The van der Waals surface area contributed by atoms with Crippen LogP contribution in [0.4, 0.5) is 0 Å². The van der Waals surface area contributed by atoms with E-state index in [0.29, 0.717) is 0 Å². The van der Waals surface area contributed by atoms with Gasteiger partial charge in [0, 0.05) is 11.5 Å². The molecule has 0 saturated heterocycles. The molecule has 62 valence electrons. The van der Waals surface area contributed by atoms with Crippen molar-refractivity contribution in [3.8, 4) is 0 Å². The van der Waals surface area contributed by atoms with Gasteiger partial charge in [0.1, 0.15) is 0 Å². The van der Waals surface area contributed by atoms with Crippen LogP contribution in [0.15, 0.2) is 9.85 Å². The third-order valence-corrected chi connectivity index (χ3v) is 3.69. The minimum Gasteiger partial charge on any atom is -0.396 e. The number of hydrogen-bond acceptors (Lipinski definition) is 2. The molecular formula is C8H11BrOS. The number of hydrogen-bond donors (Lipinski definition) is 1. The van der Waals surface area contributed by atoms with Crippen LogP contribution in [0.1, 0.15) is 16.9 Å². The van der Waals surface area contributed by atoms with Crippen molar-refractivity contribution in [2.75, 3.05) is 6.61 Å². The lowest BCUT2D eigenvalue weighted by atomic mass is 10.2. The third-order valence-electron chi connectivity index (χ3n) is 1.49. The molecule has 0 aliphatic heterocycles. The molecule has 1 heterocycles. The first-order chi connectivity index (χ1) is 5.24. The van der Waals surface area contributed by atoms with Gasteiger partial charge in [-0.3, -0.25) is 0 Å². The quantitative estimate of drug-likeness (QED) is 0.854. The SMILES string of the molecule is Cc1cc(CCCO)sc1Br. The molecule has 0 unspecified atom stereocenters. The molecule has 0 aliphatic rings. The van der Waals surface area contributed by atoms with Crippen LogP contribution >= 0.6 is 27.3 Å². The van der Waals surface area contributed by atoms with E-state index in [0.717, 1.165) is 12.8 Å². The molecule has 1 aromatic rings. The van der Waals surface area contributed by atoms with Crippen LogP contribution in [0.25, 0.3) is 0 Å². The van der Waals surface area contributed by atoms with E-state index in [1.54, 1.807) is 11.3 Å². The third kappa shape index (κ3) is 2.58. The van der Waals surface area contributed by atoms with Crippen LogP contribution in [-0.4, -0.2) is 11.7 Å². The van der Waals surface area contributed by atoms with E-state index >= 15 is 0 Å². The van der Waals surface area contributed by atoms with E-state index in [1.807, 2.05) is 0 Å². The minimum atomic E-state index is 0.286. The fourth-order valence-electron chi connectivity index (χ4n) is 0.900. The lowest BCUT2D eigenvalue weighted by Gasteiger charge is -1.90. The van der Waals surface area contributed by atoms with Gasteiger partial charge in [-0.25, -0.2) is 0 Å². The van der Waals surface area contributed by atoms with Gasteiger partial charge in [-0.2, -0.15) is 0 Å². The molecule has 0 fully saturated rings. The van der Waals surface area contributed by atoms with Crippen LogP contribution in [0.2, 0.25) is 0 Å². The minimum absolute atomic E-state index is 0.286. The van der Waals surface area contributed by atoms with Crippen LogP contribution in [0.5, 0.6) is 0 Å². The summed E-state index contributed by atoms with van der Waals surface area (Å²) in [7, 11) is 0. The first-order valence-electron chi connectivity index (χ1n) is 3.59. The highest BCUT2D eigenvalue weighted by Gasteiger charge is 2.01. The van der Waals surface area contributed by atoms with Crippen molar-refractivity contribution in [1.29, 1.82) is 0 Å². The summed E-state index contributed by atoms with van der Waals surface area (Å²) in [6.45, 7) is 2.37. The Balaban J connectivity index is 2.58. The van der Waals surface area contributed by atoms with E-state index in [4.69, 9.17) is 5.11 Å². The van der Waals surface area contributed by atoms with Crippen LogP contribution in [0, 0.1) is 6.92 Å². The zero-order valence-corrected chi connectivity index (χ0v) is 8.83. The second-order valence-corrected chi connectivity index (χ2v) is 4.95. The van der Waals surface area contributed by atoms with Gasteiger partial charge in [0.2, 0.25) is 0 Å². The number of aryl methyl sites for hydroxylation is 2. The fourth-order valence-corrected chi connectivity index (χ4v) is 2.57. The van der Waals surface area contributed by atoms with Gasteiger partial charge in [0.05, 0.1) is 3.79 Å². The average molecular weight is 235 g/mol. The summed E-state index contributed by atoms with van der Waals surface area (Å²) in [5, 5.41) is 8.60. The predicted molar refractivity (Wildman–Crippen MR) is 52.2 cm³/mol. The lowest BCUT2D eigenvalue weighted by molar-refractivity contribution is 0.289. The predicted octanol–water partition coefficient (Wildman–Crippen LogP) is 2.74. The molecule has 0 amide bonds. The van der Waals surface area contributed by atoms with E-state index < -0.39 is 0 Å². The largest absolute Gasteiger partial charge is 0.396 e. The second-order valence-electron chi connectivity index (χ2n) is 2.50. The molecule has 0 bridgehead atoms. The number of aliphatic hydroxyl groups is 1. The van der Waals surface area contributed by atoms with Crippen LogP contribution in [-0.2, 0) is 6.42 Å².